The van der Waals surface area contributed by atoms with Crippen LogP contribution in [0, 0.1) is 0 Å². The largest absolute Gasteiger partial charge is 0.435 e. The summed E-state index contributed by atoms with van der Waals surface area (Å²) in [5, 5.41) is 3.69. The number of rotatable bonds is 2. The molecule has 2 rings (SSSR count). The van der Waals surface area contributed by atoms with Crippen LogP contribution in [0.15, 0.2) is 18.2 Å². The Bertz CT molecular complexity index is 652. The Hall–Kier alpha value is -0.620. The van der Waals surface area contributed by atoms with Crippen molar-refractivity contribution in [2.45, 2.75) is 12.1 Å². The van der Waals surface area contributed by atoms with Crippen LogP contribution >= 0.6 is 46.4 Å². The highest BCUT2D eigenvalue weighted by atomic mass is 35.5. The van der Waals surface area contributed by atoms with Crippen molar-refractivity contribution < 1.29 is 13.2 Å². The van der Waals surface area contributed by atoms with E-state index >= 15 is 0 Å². The molecule has 2 aromatic rings. The summed E-state index contributed by atoms with van der Waals surface area (Å²) in [7, 11) is 0. The summed E-state index contributed by atoms with van der Waals surface area (Å²) >= 11 is 23.1. The predicted molar refractivity (Wildman–Crippen MR) is 73.2 cm³/mol. The fraction of sp³-hybridized carbons (Fsp3) is 0.182. The van der Waals surface area contributed by atoms with Gasteiger partial charge in [-0.05, 0) is 18.2 Å². The molecule has 0 aliphatic rings. The molecule has 0 saturated carbocycles. The molecule has 0 amide bonds. The molecule has 0 aliphatic carbocycles. The van der Waals surface area contributed by atoms with Crippen molar-refractivity contribution in [1.82, 2.24) is 9.78 Å². The summed E-state index contributed by atoms with van der Waals surface area (Å²) in [6.07, 6.45) is -4.65. The van der Waals surface area contributed by atoms with Crippen LogP contribution in [0.1, 0.15) is 11.3 Å². The van der Waals surface area contributed by atoms with Gasteiger partial charge in [0.1, 0.15) is 5.15 Å². The molecule has 0 N–H and O–H groups in total. The highest BCUT2D eigenvalue weighted by Gasteiger charge is 2.39. The molecule has 0 spiro atoms. The van der Waals surface area contributed by atoms with Crippen LogP contribution in [0.4, 0.5) is 13.2 Å². The van der Waals surface area contributed by atoms with E-state index in [2.05, 4.69) is 5.10 Å². The van der Waals surface area contributed by atoms with Crippen molar-refractivity contribution in [3.63, 3.8) is 0 Å². The lowest BCUT2D eigenvalue weighted by atomic mass is 10.2. The Labute approximate surface area is 132 Å². The Kier molecular flexibility index (Phi) is 4.44. The molecule has 0 unspecified atom stereocenters. The zero-order valence-electron chi connectivity index (χ0n) is 9.48. The third kappa shape index (κ3) is 2.86. The predicted octanol–water partition coefficient (Wildman–Crippen LogP) is 5.59. The van der Waals surface area contributed by atoms with Gasteiger partial charge in [0.15, 0.2) is 5.69 Å². The maximum absolute atomic E-state index is 12.9. The van der Waals surface area contributed by atoms with Gasteiger partial charge in [0.05, 0.1) is 16.6 Å². The molecular formula is C11H5Cl4F3N2. The van der Waals surface area contributed by atoms with Crippen LogP contribution < -0.4 is 0 Å². The quantitative estimate of drug-likeness (QED) is 0.636. The van der Waals surface area contributed by atoms with Gasteiger partial charge in [-0.2, -0.15) is 18.3 Å². The summed E-state index contributed by atoms with van der Waals surface area (Å²) in [5.41, 5.74) is -1.25. The normalized spacial score (nSPS) is 11.9. The molecular weight excluding hydrogens is 359 g/mol. The lowest BCUT2D eigenvalue weighted by Crippen LogP contribution is -2.09. The molecule has 1 heterocycles. The molecule has 9 heteroatoms. The van der Waals surface area contributed by atoms with Gasteiger partial charge in [-0.25, -0.2) is 4.68 Å². The van der Waals surface area contributed by atoms with E-state index in [1.54, 1.807) is 0 Å². The van der Waals surface area contributed by atoms with Gasteiger partial charge in [-0.15, -0.1) is 11.6 Å². The fourth-order valence-electron chi connectivity index (χ4n) is 1.59. The van der Waals surface area contributed by atoms with Crippen molar-refractivity contribution in [2.75, 3.05) is 0 Å². The first-order valence-electron chi connectivity index (χ1n) is 5.11. The molecule has 1 aromatic carbocycles. The summed E-state index contributed by atoms with van der Waals surface area (Å²) < 4.78 is 39.5. The van der Waals surface area contributed by atoms with E-state index in [0.29, 0.717) is 5.02 Å². The first-order valence-corrected chi connectivity index (χ1v) is 6.78. The summed E-state index contributed by atoms with van der Waals surface area (Å²) in [4.78, 5) is 0. The second kappa shape index (κ2) is 5.64. The second-order valence-corrected chi connectivity index (χ2v) is 5.23. The number of aromatic nitrogens is 2. The molecule has 1 aromatic heterocycles. The van der Waals surface area contributed by atoms with E-state index < -0.39 is 17.8 Å². The molecule has 0 saturated heterocycles. The molecule has 0 fully saturated rings. The topological polar surface area (TPSA) is 17.8 Å². The lowest BCUT2D eigenvalue weighted by Gasteiger charge is -2.06. The first kappa shape index (κ1) is 15.8. The number of nitrogens with zero attached hydrogens (tertiary/aromatic N) is 2. The molecule has 0 atom stereocenters. The van der Waals surface area contributed by atoms with Crippen molar-refractivity contribution in [1.29, 1.82) is 0 Å². The average molecular weight is 364 g/mol. The van der Waals surface area contributed by atoms with Gasteiger partial charge in [-0.3, -0.25) is 0 Å². The second-order valence-electron chi connectivity index (χ2n) is 3.76. The van der Waals surface area contributed by atoms with E-state index in [1.807, 2.05) is 0 Å². The Morgan fingerprint density at radius 2 is 1.80 bits per heavy atom. The van der Waals surface area contributed by atoms with E-state index in [4.69, 9.17) is 46.4 Å². The molecule has 108 valence electrons. The molecule has 0 bridgehead atoms. The van der Waals surface area contributed by atoms with Gasteiger partial charge in [0.2, 0.25) is 0 Å². The standard InChI is InChI=1S/C11H5Cl4F3N2/c12-4-6-9(11(16,17)18)19-20(10(6)15)8-2-1-5(13)3-7(8)14/h1-3H,4H2. The summed E-state index contributed by atoms with van der Waals surface area (Å²) in [6, 6.07) is 4.26. The average Bonchev–Trinajstić information content (AvgIpc) is 2.66. The summed E-state index contributed by atoms with van der Waals surface area (Å²) in [5.74, 6) is -0.418. The van der Waals surface area contributed by atoms with Crippen LogP contribution in [0.5, 0.6) is 0 Å². The molecule has 0 aliphatic heterocycles. The summed E-state index contributed by atoms with van der Waals surface area (Å²) in [6.45, 7) is 0. The van der Waals surface area contributed by atoms with E-state index in [-0.39, 0.29) is 21.4 Å². The fourth-order valence-corrected chi connectivity index (χ4v) is 2.68. The minimum Gasteiger partial charge on any atom is -0.220 e. The Balaban J connectivity index is 2.67. The Morgan fingerprint density at radius 3 is 2.25 bits per heavy atom. The van der Waals surface area contributed by atoms with Gasteiger partial charge in [0, 0.05) is 10.6 Å². The number of halogens is 7. The third-order valence-electron chi connectivity index (χ3n) is 2.46. The maximum atomic E-state index is 12.9. The van der Waals surface area contributed by atoms with Gasteiger partial charge >= 0.3 is 6.18 Å². The van der Waals surface area contributed by atoms with Gasteiger partial charge < -0.3 is 0 Å². The highest BCUT2D eigenvalue weighted by Crippen LogP contribution is 2.37. The maximum Gasteiger partial charge on any atom is 0.435 e. The highest BCUT2D eigenvalue weighted by molar-refractivity contribution is 6.36. The van der Waals surface area contributed by atoms with Crippen LogP contribution in [-0.2, 0) is 12.1 Å². The SMILES string of the molecule is FC(F)(F)c1nn(-c2ccc(Cl)cc2Cl)c(Cl)c1CCl. The monoisotopic (exact) mass is 362 g/mol. The number of benzene rings is 1. The van der Waals surface area contributed by atoms with Crippen molar-refractivity contribution in [3.05, 3.63) is 44.7 Å². The lowest BCUT2D eigenvalue weighted by molar-refractivity contribution is -0.141. The smallest absolute Gasteiger partial charge is 0.220 e. The van der Waals surface area contributed by atoms with Crippen LogP contribution in [-0.4, -0.2) is 9.78 Å². The minimum absolute atomic E-state index is 0.122. The molecule has 20 heavy (non-hydrogen) atoms. The van der Waals surface area contributed by atoms with E-state index in [9.17, 15) is 13.2 Å². The van der Waals surface area contributed by atoms with Crippen molar-refractivity contribution >= 4 is 46.4 Å². The van der Waals surface area contributed by atoms with Crippen molar-refractivity contribution in [2.24, 2.45) is 0 Å². The zero-order valence-corrected chi connectivity index (χ0v) is 12.5. The molecule has 2 nitrogen and oxygen atoms in total. The number of hydrogen-bond acceptors (Lipinski definition) is 1. The molecule has 0 radical (unpaired) electrons. The third-order valence-corrected chi connectivity index (χ3v) is 3.65. The first-order chi connectivity index (χ1) is 9.25. The number of hydrogen-bond donors (Lipinski definition) is 0. The van der Waals surface area contributed by atoms with E-state index in [1.165, 1.54) is 18.2 Å². The zero-order chi connectivity index (χ0) is 15.1. The van der Waals surface area contributed by atoms with Gasteiger partial charge in [0.25, 0.3) is 0 Å². The van der Waals surface area contributed by atoms with Crippen LogP contribution in [0.25, 0.3) is 5.69 Å². The van der Waals surface area contributed by atoms with Gasteiger partial charge in [-0.1, -0.05) is 34.8 Å². The van der Waals surface area contributed by atoms with Crippen LogP contribution in [0.3, 0.4) is 0 Å². The Morgan fingerprint density at radius 1 is 1.15 bits per heavy atom. The number of alkyl halides is 4. The van der Waals surface area contributed by atoms with E-state index in [0.717, 1.165) is 4.68 Å². The van der Waals surface area contributed by atoms with Crippen LogP contribution in [0.2, 0.25) is 15.2 Å². The van der Waals surface area contributed by atoms with Crippen molar-refractivity contribution in [3.8, 4) is 5.69 Å². The minimum atomic E-state index is -4.65.